The maximum absolute atomic E-state index is 14.3. The average Bonchev–Trinajstić information content (AvgIpc) is 3.01. The van der Waals surface area contributed by atoms with Crippen LogP contribution in [-0.4, -0.2) is 73.3 Å². The van der Waals surface area contributed by atoms with Crippen molar-refractivity contribution in [2.24, 2.45) is 39.4 Å². The molecule has 3 fully saturated rings. The summed E-state index contributed by atoms with van der Waals surface area (Å²) in [4.78, 5) is 52.3. The van der Waals surface area contributed by atoms with Crippen LogP contribution >= 0.6 is 0 Å². The van der Waals surface area contributed by atoms with E-state index in [0.717, 1.165) is 0 Å². The van der Waals surface area contributed by atoms with E-state index >= 15 is 0 Å². The van der Waals surface area contributed by atoms with Crippen LogP contribution in [0.25, 0.3) is 0 Å². The summed E-state index contributed by atoms with van der Waals surface area (Å²) in [5.41, 5.74) is -6.27. The zero-order valence-electron chi connectivity index (χ0n) is 25.9. The summed E-state index contributed by atoms with van der Waals surface area (Å²) in [5.74, 6) is -3.73. The number of carbonyl (C=O) groups excluding carboxylic acids is 4. The third-order valence-electron chi connectivity index (χ3n) is 11.9. The molecule has 4 N–H and O–H groups in total. The maximum Gasteiger partial charge on any atom is 0.303 e. The number of aliphatic hydroxyl groups excluding tert-OH is 3. The molecule has 0 spiro atoms. The summed E-state index contributed by atoms with van der Waals surface area (Å²) in [6.45, 7) is 15.1. The Balaban J connectivity index is 1.75. The number of ether oxygens (including phenoxy) is 1. The lowest BCUT2D eigenvalue weighted by Crippen LogP contribution is -2.68. The molecule has 3 saturated carbocycles. The third kappa shape index (κ3) is 4.40. The summed E-state index contributed by atoms with van der Waals surface area (Å²) < 4.78 is 5.30. The van der Waals surface area contributed by atoms with Crippen LogP contribution < -0.4 is 0 Å². The highest BCUT2D eigenvalue weighted by Gasteiger charge is 2.76. The van der Waals surface area contributed by atoms with E-state index in [-0.39, 0.29) is 43.7 Å². The van der Waals surface area contributed by atoms with Crippen LogP contribution in [0, 0.1) is 39.4 Å². The van der Waals surface area contributed by atoms with Gasteiger partial charge in [-0.1, -0.05) is 46.3 Å². The molecule has 0 amide bonds. The molecule has 0 radical (unpaired) electrons. The Bertz CT molecular complexity index is 1200. The van der Waals surface area contributed by atoms with E-state index in [1.54, 1.807) is 40.7 Å². The summed E-state index contributed by atoms with van der Waals surface area (Å²) >= 11 is 0. The number of carbonyl (C=O) groups is 4. The Kier molecular flexibility index (Phi) is 7.43. The van der Waals surface area contributed by atoms with Crippen LogP contribution in [0.5, 0.6) is 0 Å². The molecule has 9 heteroatoms. The van der Waals surface area contributed by atoms with Gasteiger partial charge >= 0.3 is 5.97 Å². The predicted octanol–water partition coefficient (Wildman–Crippen LogP) is 2.69. The van der Waals surface area contributed by atoms with Gasteiger partial charge in [-0.15, -0.1) is 0 Å². The lowest BCUT2D eigenvalue weighted by molar-refractivity contribution is -0.196. The van der Waals surface area contributed by atoms with Gasteiger partial charge in [0.05, 0.1) is 12.2 Å². The summed E-state index contributed by atoms with van der Waals surface area (Å²) in [5, 5.41) is 45.8. The molecule has 230 valence electrons. The van der Waals surface area contributed by atoms with E-state index < -0.39 is 80.7 Å². The van der Waals surface area contributed by atoms with Crippen LogP contribution in [0.1, 0.15) is 94.4 Å². The summed E-state index contributed by atoms with van der Waals surface area (Å²) in [6.07, 6.45) is -1.63. The molecule has 0 aliphatic heterocycles. The van der Waals surface area contributed by atoms with Crippen LogP contribution in [0.4, 0.5) is 0 Å². The van der Waals surface area contributed by atoms with Crippen LogP contribution in [0.15, 0.2) is 11.6 Å². The van der Waals surface area contributed by atoms with Gasteiger partial charge in [-0.2, -0.15) is 0 Å². The van der Waals surface area contributed by atoms with Gasteiger partial charge in [-0.05, 0) is 44.4 Å². The molecule has 4 aliphatic carbocycles. The first kappa shape index (κ1) is 32.0. The zero-order chi connectivity index (χ0) is 31.3. The van der Waals surface area contributed by atoms with Crippen molar-refractivity contribution in [2.45, 2.75) is 124 Å². The molecular formula is C32H48O9. The summed E-state index contributed by atoms with van der Waals surface area (Å²) in [7, 11) is 0. The Hall–Kier alpha value is -1.94. The van der Waals surface area contributed by atoms with Crippen LogP contribution in [-0.2, 0) is 23.9 Å². The molecule has 0 aromatic heterocycles. The van der Waals surface area contributed by atoms with Gasteiger partial charge in [-0.3, -0.25) is 19.2 Å². The lowest BCUT2D eigenvalue weighted by atomic mass is 9.38. The van der Waals surface area contributed by atoms with Crippen molar-refractivity contribution in [3.63, 3.8) is 0 Å². The van der Waals surface area contributed by atoms with E-state index in [1.165, 1.54) is 13.8 Å². The van der Waals surface area contributed by atoms with Crippen LogP contribution in [0.3, 0.4) is 0 Å². The predicted molar refractivity (Wildman–Crippen MR) is 149 cm³/mol. The molecule has 0 saturated heterocycles. The molecule has 0 unspecified atom stereocenters. The number of hydrogen-bond donors (Lipinski definition) is 4. The quantitative estimate of drug-likeness (QED) is 0.275. The number of fused-ring (bicyclic) bond motifs is 5. The molecule has 0 aromatic carbocycles. The molecule has 41 heavy (non-hydrogen) atoms. The fraction of sp³-hybridized carbons (Fsp3) is 0.812. The van der Waals surface area contributed by atoms with Crippen molar-refractivity contribution in [2.75, 3.05) is 0 Å². The highest BCUT2D eigenvalue weighted by atomic mass is 16.6. The Labute approximate surface area is 242 Å². The lowest BCUT2D eigenvalue weighted by Gasteiger charge is -2.65. The second-order valence-corrected chi connectivity index (χ2v) is 15.3. The first-order chi connectivity index (χ1) is 18.5. The van der Waals surface area contributed by atoms with Gasteiger partial charge in [0.15, 0.2) is 11.6 Å². The number of rotatable bonds is 6. The van der Waals surface area contributed by atoms with Crippen molar-refractivity contribution in [3.05, 3.63) is 11.6 Å². The maximum atomic E-state index is 14.3. The number of Topliss-reactive ketones (excluding diaryl/α,β-unsaturated/α-hetero) is 3. The number of hydrogen-bond acceptors (Lipinski definition) is 9. The van der Waals surface area contributed by atoms with Crippen molar-refractivity contribution in [1.29, 1.82) is 0 Å². The van der Waals surface area contributed by atoms with Gasteiger partial charge in [0.2, 0.25) is 0 Å². The van der Waals surface area contributed by atoms with E-state index in [9.17, 15) is 39.6 Å². The van der Waals surface area contributed by atoms with E-state index in [0.29, 0.717) is 5.57 Å². The topological polar surface area (TPSA) is 158 Å². The van der Waals surface area contributed by atoms with Crippen molar-refractivity contribution in [3.8, 4) is 0 Å². The second-order valence-electron chi connectivity index (χ2n) is 15.3. The van der Waals surface area contributed by atoms with Gasteiger partial charge in [0.25, 0.3) is 0 Å². The van der Waals surface area contributed by atoms with Crippen LogP contribution in [0.2, 0.25) is 0 Å². The molecular weight excluding hydrogens is 528 g/mol. The minimum Gasteiger partial charge on any atom is -0.460 e. The smallest absolute Gasteiger partial charge is 0.303 e. The number of esters is 1. The average molecular weight is 577 g/mol. The largest absolute Gasteiger partial charge is 0.460 e. The number of aliphatic hydroxyl groups is 4. The molecule has 0 aromatic rings. The molecule has 0 heterocycles. The fourth-order valence-electron chi connectivity index (χ4n) is 9.72. The SMILES string of the molecule is CC(=O)OC(C)(C)CCC(=O)[C@](C)(O)[C@H]1[C@H](O)C[C@@]2(C)[C@@H]3[C@@H](O)C=C4[C@@H](CC(=O)[C@@H](O)C4(C)C)[C@]3(C)C(=O)C[C@]12C. The van der Waals surface area contributed by atoms with Crippen molar-refractivity contribution >= 4 is 23.3 Å². The molecule has 4 aliphatic rings. The summed E-state index contributed by atoms with van der Waals surface area (Å²) in [6, 6.07) is 0. The van der Waals surface area contributed by atoms with Gasteiger partial charge in [0.1, 0.15) is 23.1 Å². The van der Waals surface area contributed by atoms with Gasteiger partial charge in [0, 0.05) is 54.8 Å². The molecule has 0 bridgehead atoms. The third-order valence-corrected chi connectivity index (χ3v) is 11.9. The Morgan fingerprint density at radius 3 is 2.17 bits per heavy atom. The monoisotopic (exact) mass is 576 g/mol. The zero-order valence-corrected chi connectivity index (χ0v) is 25.9. The highest BCUT2D eigenvalue weighted by Crippen LogP contribution is 2.74. The Morgan fingerprint density at radius 1 is 1.02 bits per heavy atom. The standard InChI is InChI=1S/C32H48O9/c1-16(33)41-27(2,3)11-10-22(37)32(9,40)25-21(36)14-29(6)24-19(34)12-17-18(13-20(35)26(39)28(17,4)5)31(24,8)23(38)15-30(25,29)7/h12,18-19,21,24-26,34,36,39-40H,10-11,13-15H2,1-9H3/t18-,19+,21-,24+,25+,26-,29+,30-,31-,32+/m1/s1. The highest BCUT2D eigenvalue weighted by molar-refractivity contribution is 5.93. The second kappa shape index (κ2) is 9.53. The molecule has 9 nitrogen and oxygen atoms in total. The fourth-order valence-corrected chi connectivity index (χ4v) is 9.72. The minimum absolute atomic E-state index is 0.0189. The van der Waals surface area contributed by atoms with Crippen molar-refractivity contribution < 1.29 is 44.3 Å². The normalized spacial score (nSPS) is 43.3. The van der Waals surface area contributed by atoms with E-state index in [1.807, 2.05) is 13.8 Å². The van der Waals surface area contributed by atoms with E-state index in [2.05, 4.69) is 0 Å². The molecule has 10 atom stereocenters. The molecule has 4 rings (SSSR count). The first-order valence-corrected chi connectivity index (χ1v) is 14.8. The number of ketones is 3. The van der Waals surface area contributed by atoms with E-state index in [4.69, 9.17) is 4.74 Å². The Morgan fingerprint density at radius 2 is 1.61 bits per heavy atom. The minimum atomic E-state index is -2.00. The first-order valence-electron chi connectivity index (χ1n) is 14.8. The van der Waals surface area contributed by atoms with Gasteiger partial charge < -0.3 is 25.2 Å². The van der Waals surface area contributed by atoms with Gasteiger partial charge in [-0.25, -0.2) is 0 Å². The van der Waals surface area contributed by atoms with Crippen molar-refractivity contribution in [1.82, 2.24) is 0 Å².